The lowest BCUT2D eigenvalue weighted by Crippen LogP contribution is -2.38. The van der Waals surface area contributed by atoms with E-state index in [0.29, 0.717) is 12.0 Å². The highest BCUT2D eigenvalue weighted by molar-refractivity contribution is 5.42. The van der Waals surface area contributed by atoms with E-state index in [4.69, 9.17) is 0 Å². The predicted molar refractivity (Wildman–Crippen MR) is 79.4 cm³/mol. The molecule has 0 saturated carbocycles. The molecule has 1 aliphatic heterocycles. The second-order valence-corrected chi connectivity index (χ2v) is 5.11. The van der Waals surface area contributed by atoms with Gasteiger partial charge in [-0.05, 0) is 23.7 Å². The van der Waals surface area contributed by atoms with Crippen LogP contribution in [-0.2, 0) is 0 Å². The summed E-state index contributed by atoms with van der Waals surface area (Å²) in [7, 11) is 2.01. The van der Waals surface area contributed by atoms with Crippen molar-refractivity contribution >= 4 is 0 Å². The van der Waals surface area contributed by atoms with Crippen LogP contribution in [0.15, 0.2) is 54.6 Å². The van der Waals surface area contributed by atoms with Crippen LogP contribution >= 0.6 is 0 Å². The van der Waals surface area contributed by atoms with E-state index in [1.165, 1.54) is 16.7 Å². The van der Waals surface area contributed by atoms with Gasteiger partial charge in [0.2, 0.25) is 0 Å². The molecule has 0 spiro atoms. The molecular formula is C17H20N2. The van der Waals surface area contributed by atoms with Crippen LogP contribution in [0.5, 0.6) is 0 Å². The Balaban J connectivity index is 1.99. The number of likely N-dealkylation sites (N-methyl/N-ethyl adjacent to an activating group) is 1. The van der Waals surface area contributed by atoms with Gasteiger partial charge >= 0.3 is 0 Å². The highest BCUT2D eigenvalue weighted by Gasteiger charge is 2.26. The monoisotopic (exact) mass is 252 g/mol. The first kappa shape index (κ1) is 12.4. The average molecular weight is 252 g/mol. The summed E-state index contributed by atoms with van der Waals surface area (Å²) in [4.78, 5) is 0. The van der Waals surface area contributed by atoms with Crippen LogP contribution in [0.1, 0.15) is 28.7 Å². The number of nitrogens with one attached hydrogen (secondary N) is 2. The summed E-state index contributed by atoms with van der Waals surface area (Å²) in [6.07, 6.45) is 0. The van der Waals surface area contributed by atoms with Gasteiger partial charge in [-0.3, -0.25) is 0 Å². The summed E-state index contributed by atoms with van der Waals surface area (Å²) in [6, 6.07) is 20.0. The van der Waals surface area contributed by atoms with E-state index >= 15 is 0 Å². The molecule has 0 fully saturated rings. The highest BCUT2D eigenvalue weighted by atomic mass is 15.0. The first-order chi connectivity index (χ1) is 9.40. The predicted octanol–water partition coefficient (Wildman–Crippen LogP) is 2.68. The molecule has 2 atom stereocenters. The van der Waals surface area contributed by atoms with Crippen LogP contribution in [0.25, 0.3) is 0 Å². The zero-order valence-electron chi connectivity index (χ0n) is 11.3. The third-order valence-corrected chi connectivity index (χ3v) is 3.93. The van der Waals surface area contributed by atoms with Gasteiger partial charge in [0, 0.05) is 25.0 Å². The van der Waals surface area contributed by atoms with Crippen LogP contribution in [0, 0.1) is 0 Å². The molecule has 3 rings (SSSR count). The topological polar surface area (TPSA) is 24.1 Å². The summed E-state index contributed by atoms with van der Waals surface area (Å²) in [5.74, 6) is 0.463. The minimum atomic E-state index is 0.418. The third-order valence-electron chi connectivity index (χ3n) is 3.93. The lowest BCUT2D eigenvalue weighted by molar-refractivity contribution is 0.463. The number of benzene rings is 2. The van der Waals surface area contributed by atoms with Gasteiger partial charge in [0.05, 0.1) is 0 Å². The minimum absolute atomic E-state index is 0.418. The molecule has 2 nitrogen and oxygen atoms in total. The van der Waals surface area contributed by atoms with Gasteiger partial charge in [-0.15, -0.1) is 0 Å². The SMILES string of the molecule is CNC[C@@H]1NC[C@H](c2ccccc2)c2ccccc21. The van der Waals surface area contributed by atoms with Gasteiger partial charge in [0.1, 0.15) is 0 Å². The number of hydrogen-bond acceptors (Lipinski definition) is 2. The maximum atomic E-state index is 3.66. The Morgan fingerprint density at radius 3 is 2.42 bits per heavy atom. The Labute approximate surface area is 114 Å². The Morgan fingerprint density at radius 1 is 1.00 bits per heavy atom. The molecule has 0 saturated heterocycles. The zero-order valence-corrected chi connectivity index (χ0v) is 11.3. The van der Waals surface area contributed by atoms with E-state index in [2.05, 4.69) is 65.2 Å². The fourth-order valence-electron chi connectivity index (χ4n) is 2.99. The van der Waals surface area contributed by atoms with Crippen molar-refractivity contribution in [3.63, 3.8) is 0 Å². The standard InChI is InChI=1S/C17H20N2/c1-18-12-17-15-10-6-5-9-14(15)16(11-19-17)13-7-3-2-4-8-13/h2-10,16-19H,11-12H2,1H3/t16-,17+/m1/s1. The second kappa shape index (κ2) is 5.55. The smallest absolute Gasteiger partial charge is 0.0449 e. The van der Waals surface area contributed by atoms with Crippen molar-refractivity contribution in [2.24, 2.45) is 0 Å². The molecule has 0 aromatic heterocycles. The molecule has 0 bridgehead atoms. The summed E-state index contributed by atoms with van der Waals surface area (Å²) < 4.78 is 0. The normalized spacial score (nSPS) is 21.9. The lowest BCUT2D eigenvalue weighted by atomic mass is 9.82. The van der Waals surface area contributed by atoms with Gasteiger partial charge in [-0.2, -0.15) is 0 Å². The lowest BCUT2D eigenvalue weighted by Gasteiger charge is -2.33. The maximum Gasteiger partial charge on any atom is 0.0449 e. The average Bonchev–Trinajstić information content (AvgIpc) is 2.49. The molecule has 19 heavy (non-hydrogen) atoms. The van der Waals surface area contributed by atoms with Crippen molar-refractivity contribution in [2.45, 2.75) is 12.0 Å². The first-order valence-electron chi connectivity index (χ1n) is 6.92. The quantitative estimate of drug-likeness (QED) is 0.877. The largest absolute Gasteiger partial charge is 0.318 e. The van der Waals surface area contributed by atoms with E-state index in [1.807, 2.05) is 7.05 Å². The van der Waals surface area contributed by atoms with Crippen molar-refractivity contribution in [1.29, 1.82) is 0 Å². The minimum Gasteiger partial charge on any atom is -0.318 e. The van der Waals surface area contributed by atoms with Crippen molar-refractivity contribution in [2.75, 3.05) is 20.1 Å². The highest BCUT2D eigenvalue weighted by Crippen LogP contribution is 2.33. The molecule has 2 aromatic carbocycles. The molecule has 2 N–H and O–H groups in total. The first-order valence-corrected chi connectivity index (χ1v) is 6.92. The maximum absolute atomic E-state index is 3.66. The van der Waals surface area contributed by atoms with E-state index in [0.717, 1.165) is 13.1 Å². The van der Waals surface area contributed by atoms with Crippen molar-refractivity contribution in [3.05, 3.63) is 71.3 Å². The molecular weight excluding hydrogens is 232 g/mol. The molecule has 0 unspecified atom stereocenters. The van der Waals surface area contributed by atoms with Crippen molar-refractivity contribution in [3.8, 4) is 0 Å². The van der Waals surface area contributed by atoms with Crippen LogP contribution in [-0.4, -0.2) is 20.1 Å². The third kappa shape index (κ3) is 2.42. The zero-order chi connectivity index (χ0) is 13.1. The number of fused-ring (bicyclic) bond motifs is 1. The van der Waals surface area contributed by atoms with Crippen LogP contribution in [0.3, 0.4) is 0 Å². The van der Waals surface area contributed by atoms with Gasteiger partial charge < -0.3 is 10.6 Å². The number of hydrogen-bond donors (Lipinski definition) is 2. The Bertz CT molecular complexity index is 536. The second-order valence-electron chi connectivity index (χ2n) is 5.11. The van der Waals surface area contributed by atoms with Gasteiger partial charge in [0.15, 0.2) is 0 Å². The molecule has 1 heterocycles. The van der Waals surface area contributed by atoms with Crippen LogP contribution < -0.4 is 10.6 Å². The summed E-state index contributed by atoms with van der Waals surface area (Å²) in [5.41, 5.74) is 4.29. The van der Waals surface area contributed by atoms with Gasteiger partial charge in [-0.25, -0.2) is 0 Å². The molecule has 2 aromatic rings. The molecule has 0 aliphatic carbocycles. The molecule has 0 amide bonds. The van der Waals surface area contributed by atoms with E-state index < -0.39 is 0 Å². The molecule has 1 aliphatic rings. The van der Waals surface area contributed by atoms with Crippen LogP contribution in [0.2, 0.25) is 0 Å². The summed E-state index contributed by atoms with van der Waals surface area (Å²) in [6.45, 7) is 1.98. The van der Waals surface area contributed by atoms with Gasteiger partial charge in [-0.1, -0.05) is 54.6 Å². The Kier molecular flexibility index (Phi) is 3.62. The number of rotatable bonds is 3. The molecule has 98 valence electrons. The van der Waals surface area contributed by atoms with E-state index in [1.54, 1.807) is 0 Å². The Morgan fingerprint density at radius 2 is 1.68 bits per heavy atom. The van der Waals surface area contributed by atoms with Gasteiger partial charge in [0.25, 0.3) is 0 Å². The van der Waals surface area contributed by atoms with Crippen LogP contribution in [0.4, 0.5) is 0 Å². The molecule has 2 heteroatoms. The van der Waals surface area contributed by atoms with Crippen molar-refractivity contribution in [1.82, 2.24) is 10.6 Å². The van der Waals surface area contributed by atoms with E-state index in [9.17, 15) is 0 Å². The summed E-state index contributed by atoms with van der Waals surface area (Å²) >= 11 is 0. The molecule has 0 radical (unpaired) electrons. The fourth-order valence-corrected chi connectivity index (χ4v) is 2.99. The van der Waals surface area contributed by atoms with Crippen molar-refractivity contribution < 1.29 is 0 Å². The summed E-state index contributed by atoms with van der Waals surface area (Å²) in [5, 5.41) is 6.93. The fraction of sp³-hybridized carbons (Fsp3) is 0.294. The van der Waals surface area contributed by atoms with E-state index in [-0.39, 0.29) is 0 Å². The Hall–Kier alpha value is -1.64.